The van der Waals surface area contributed by atoms with Crippen molar-refractivity contribution in [1.82, 2.24) is 20.0 Å². The summed E-state index contributed by atoms with van der Waals surface area (Å²) in [5.74, 6) is 1.12. The quantitative estimate of drug-likeness (QED) is 0.349. The molecule has 0 bridgehead atoms. The minimum atomic E-state index is -4.49. The van der Waals surface area contributed by atoms with Gasteiger partial charge >= 0.3 is 12.2 Å². The summed E-state index contributed by atoms with van der Waals surface area (Å²) in [4.78, 5) is 25.8. The van der Waals surface area contributed by atoms with Gasteiger partial charge in [0, 0.05) is 43.9 Å². The van der Waals surface area contributed by atoms with Crippen LogP contribution in [0.5, 0.6) is 0 Å². The molecule has 38 heavy (non-hydrogen) atoms. The lowest BCUT2D eigenvalue weighted by Crippen LogP contribution is -2.50. The van der Waals surface area contributed by atoms with Gasteiger partial charge < -0.3 is 19.6 Å². The van der Waals surface area contributed by atoms with Crippen LogP contribution in [0.3, 0.4) is 0 Å². The minimum Gasteiger partial charge on any atom is -0.352 e. The second-order valence-corrected chi connectivity index (χ2v) is 9.27. The van der Waals surface area contributed by atoms with Crippen LogP contribution < -0.4 is 10.2 Å². The fraction of sp³-hybridized carbons (Fsp3) is 0.333. The zero-order valence-electron chi connectivity index (χ0n) is 21.0. The van der Waals surface area contributed by atoms with Crippen molar-refractivity contribution in [2.45, 2.75) is 32.9 Å². The van der Waals surface area contributed by atoms with E-state index in [4.69, 9.17) is 9.51 Å². The number of hydrogen-bond donors (Lipinski definition) is 1. The first-order valence-corrected chi connectivity index (χ1v) is 12.4. The summed E-state index contributed by atoms with van der Waals surface area (Å²) in [7, 11) is 0. The molecule has 4 aromatic rings. The lowest BCUT2D eigenvalue weighted by atomic mass is 10.1. The Kier molecular flexibility index (Phi) is 6.92. The third kappa shape index (κ3) is 5.27. The lowest BCUT2D eigenvalue weighted by Gasteiger charge is -2.35. The highest BCUT2D eigenvalue weighted by atomic mass is 19.4. The molecule has 198 valence electrons. The van der Waals surface area contributed by atoms with Gasteiger partial charge in [-0.2, -0.15) is 18.2 Å². The number of aromatic nitrogens is 3. The average Bonchev–Trinajstić information content (AvgIpc) is 3.33. The fourth-order valence-electron chi connectivity index (χ4n) is 4.44. The Hall–Kier alpha value is -4.15. The van der Waals surface area contributed by atoms with E-state index >= 15 is 0 Å². The van der Waals surface area contributed by atoms with E-state index in [1.807, 2.05) is 43.0 Å². The Morgan fingerprint density at radius 3 is 2.47 bits per heavy atom. The van der Waals surface area contributed by atoms with Crippen LogP contribution >= 0.6 is 0 Å². The predicted molar refractivity (Wildman–Crippen MR) is 138 cm³/mol. The van der Waals surface area contributed by atoms with Gasteiger partial charge in [-0.15, -0.1) is 0 Å². The van der Waals surface area contributed by atoms with Crippen molar-refractivity contribution >= 4 is 28.6 Å². The number of rotatable bonds is 5. The van der Waals surface area contributed by atoms with Gasteiger partial charge in [0.05, 0.1) is 5.56 Å². The first kappa shape index (κ1) is 25.5. The maximum atomic E-state index is 13.4. The Balaban J connectivity index is 1.43. The van der Waals surface area contributed by atoms with Gasteiger partial charge in [0.25, 0.3) is 5.71 Å². The maximum absolute atomic E-state index is 13.4. The first-order valence-electron chi connectivity index (χ1n) is 12.4. The van der Waals surface area contributed by atoms with Crippen LogP contribution in [0.2, 0.25) is 0 Å². The number of carbonyl (C=O) groups is 1. The standard InChI is InChI=1S/C27H27F3N6O2/c1-3-5-21-32-24(35-12-14-36(15-13-35)26(37)31-20-10-8-17(2)9-11-20)22-23(34-38-25(22)33-21)18-6-4-7-19(16-18)27(28,29)30/h4,6-11,16H,3,5,12-15H2,1-2H3,(H,31,37). The van der Waals surface area contributed by atoms with Gasteiger partial charge in [-0.1, -0.05) is 41.9 Å². The molecule has 0 saturated carbocycles. The van der Waals surface area contributed by atoms with Crippen molar-refractivity contribution in [3.8, 4) is 11.3 Å². The number of amides is 2. The van der Waals surface area contributed by atoms with Crippen LogP contribution in [0, 0.1) is 6.92 Å². The number of nitrogens with zero attached hydrogens (tertiary/aromatic N) is 5. The molecule has 2 aromatic heterocycles. The summed E-state index contributed by atoms with van der Waals surface area (Å²) < 4.78 is 45.6. The molecule has 11 heteroatoms. The topological polar surface area (TPSA) is 87.4 Å². The molecular weight excluding hydrogens is 497 g/mol. The molecular formula is C27H27F3N6O2. The third-order valence-electron chi connectivity index (χ3n) is 6.47. The van der Waals surface area contributed by atoms with Gasteiger partial charge in [0.2, 0.25) is 0 Å². The number of fused-ring (bicyclic) bond motifs is 1. The van der Waals surface area contributed by atoms with Crippen LogP contribution in [0.1, 0.15) is 30.3 Å². The van der Waals surface area contributed by atoms with Crippen molar-refractivity contribution in [2.75, 3.05) is 36.4 Å². The monoisotopic (exact) mass is 524 g/mol. The van der Waals surface area contributed by atoms with Crippen molar-refractivity contribution in [2.24, 2.45) is 0 Å². The highest BCUT2D eigenvalue weighted by Crippen LogP contribution is 2.37. The largest absolute Gasteiger partial charge is 0.416 e. The normalized spacial score (nSPS) is 14.2. The number of benzene rings is 2. The number of alkyl halides is 3. The van der Waals surface area contributed by atoms with E-state index in [0.29, 0.717) is 49.6 Å². The number of anilines is 2. The number of urea groups is 1. The highest BCUT2D eigenvalue weighted by Gasteiger charge is 2.32. The number of hydrogen-bond acceptors (Lipinski definition) is 6. The van der Waals surface area contributed by atoms with Crippen molar-refractivity contribution in [1.29, 1.82) is 0 Å². The first-order chi connectivity index (χ1) is 18.2. The zero-order chi connectivity index (χ0) is 26.9. The van der Waals surface area contributed by atoms with Gasteiger partial charge in [-0.25, -0.2) is 9.78 Å². The molecule has 2 amide bonds. The van der Waals surface area contributed by atoms with Gasteiger partial charge in [-0.05, 0) is 37.6 Å². The van der Waals surface area contributed by atoms with Crippen LogP contribution in [0.25, 0.3) is 22.4 Å². The molecule has 1 aliphatic heterocycles. The molecule has 0 aliphatic carbocycles. The second kappa shape index (κ2) is 10.3. The number of aryl methyl sites for hydroxylation is 2. The Bertz CT molecular complexity index is 1440. The van der Waals surface area contributed by atoms with E-state index in [-0.39, 0.29) is 23.0 Å². The van der Waals surface area contributed by atoms with Crippen LogP contribution in [0.4, 0.5) is 29.5 Å². The van der Waals surface area contributed by atoms with Crippen molar-refractivity contribution < 1.29 is 22.5 Å². The van der Waals surface area contributed by atoms with E-state index in [2.05, 4.69) is 15.5 Å². The molecule has 2 aromatic carbocycles. The smallest absolute Gasteiger partial charge is 0.352 e. The van der Waals surface area contributed by atoms with Gasteiger partial charge in [0.15, 0.2) is 0 Å². The minimum absolute atomic E-state index is 0.192. The number of nitrogens with one attached hydrogen (secondary N) is 1. The van der Waals surface area contributed by atoms with Crippen molar-refractivity contribution in [3.05, 3.63) is 65.5 Å². The fourth-order valence-corrected chi connectivity index (χ4v) is 4.44. The van der Waals surface area contributed by atoms with Crippen molar-refractivity contribution in [3.63, 3.8) is 0 Å². The summed E-state index contributed by atoms with van der Waals surface area (Å²) in [6.45, 7) is 5.83. The molecule has 8 nitrogen and oxygen atoms in total. The van der Waals surface area contributed by atoms with E-state index in [0.717, 1.165) is 29.8 Å². The van der Waals surface area contributed by atoms with Crippen LogP contribution in [-0.4, -0.2) is 52.2 Å². The van der Waals surface area contributed by atoms with Crippen LogP contribution in [0.15, 0.2) is 53.1 Å². The molecule has 0 radical (unpaired) electrons. The Morgan fingerprint density at radius 1 is 1.05 bits per heavy atom. The number of halogens is 3. The molecule has 1 saturated heterocycles. The average molecular weight is 525 g/mol. The van der Waals surface area contributed by atoms with E-state index in [9.17, 15) is 18.0 Å². The molecule has 1 N–H and O–H groups in total. The van der Waals surface area contributed by atoms with Gasteiger partial charge in [0.1, 0.15) is 22.7 Å². The molecule has 0 unspecified atom stereocenters. The lowest BCUT2D eigenvalue weighted by molar-refractivity contribution is -0.137. The summed E-state index contributed by atoms with van der Waals surface area (Å²) >= 11 is 0. The van der Waals surface area contributed by atoms with E-state index < -0.39 is 11.7 Å². The SMILES string of the molecule is CCCc1nc(N2CCN(C(=O)Nc3ccc(C)cc3)CC2)c2c(-c3cccc(C(F)(F)F)c3)noc2n1. The number of piperazine rings is 1. The zero-order valence-corrected chi connectivity index (χ0v) is 21.0. The molecule has 3 heterocycles. The maximum Gasteiger partial charge on any atom is 0.416 e. The third-order valence-corrected chi connectivity index (χ3v) is 6.47. The van der Waals surface area contributed by atoms with E-state index in [1.54, 1.807) is 11.0 Å². The summed E-state index contributed by atoms with van der Waals surface area (Å²) in [5.41, 5.74) is 1.80. The summed E-state index contributed by atoms with van der Waals surface area (Å²) in [6.07, 6.45) is -3.06. The molecule has 5 rings (SSSR count). The summed E-state index contributed by atoms with van der Waals surface area (Å²) in [6, 6.07) is 12.4. The second-order valence-electron chi connectivity index (χ2n) is 9.27. The summed E-state index contributed by atoms with van der Waals surface area (Å²) in [5, 5.41) is 7.47. The molecule has 1 aliphatic rings. The predicted octanol–water partition coefficient (Wildman–Crippen LogP) is 5.92. The van der Waals surface area contributed by atoms with Crippen LogP contribution in [-0.2, 0) is 12.6 Å². The highest BCUT2D eigenvalue weighted by molar-refractivity contribution is 5.98. The number of carbonyl (C=O) groups excluding carboxylic acids is 1. The van der Waals surface area contributed by atoms with Gasteiger partial charge in [-0.3, -0.25) is 0 Å². The molecule has 1 fully saturated rings. The molecule has 0 spiro atoms. The van der Waals surface area contributed by atoms with E-state index in [1.165, 1.54) is 6.07 Å². The Labute approximate surface area is 217 Å². The molecule has 0 atom stereocenters. The Morgan fingerprint density at radius 2 is 1.79 bits per heavy atom.